The number of allylic oxidation sites excluding steroid dienone is 1. The highest BCUT2D eigenvalue weighted by Crippen LogP contribution is 2.22. The van der Waals surface area contributed by atoms with Crippen LogP contribution in [0.15, 0.2) is 72.8 Å². The highest BCUT2D eigenvalue weighted by Gasteiger charge is 2.07. The molecular weight excluding hydrogens is 332 g/mol. The van der Waals surface area contributed by atoms with E-state index in [1.54, 1.807) is 66.7 Å². The summed E-state index contributed by atoms with van der Waals surface area (Å²) in [6.45, 7) is 0.126. The summed E-state index contributed by atoms with van der Waals surface area (Å²) in [6, 6.07) is 21.6. The lowest BCUT2D eigenvalue weighted by molar-refractivity contribution is 0.300. The summed E-state index contributed by atoms with van der Waals surface area (Å²) in [7, 11) is 0. The third kappa shape index (κ3) is 4.14. The van der Waals surface area contributed by atoms with Crippen LogP contribution in [-0.4, -0.2) is 0 Å². The van der Waals surface area contributed by atoms with Crippen LogP contribution in [0.4, 0.5) is 8.78 Å². The second kappa shape index (κ2) is 8.09. The van der Waals surface area contributed by atoms with Crippen LogP contribution < -0.4 is 4.74 Å². The summed E-state index contributed by atoms with van der Waals surface area (Å²) >= 11 is 0. The fourth-order valence-electron chi connectivity index (χ4n) is 2.45. The quantitative estimate of drug-likeness (QED) is 0.444. The van der Waals surface area contributed by atoms with Crippen molar-refractivity contribution in [3.05, 3.63) is 101 Å². The van der Waals surface area contributed by atoms with Gasteiger partial charge in [0.05, 0.1) is 11.6 Å². The zero-order valence-corrected chi connectivity index (χ0v) is 13.8. The van der Waals surface area contributed by atoms with Gasteiger partial charge in [-0.2, -0.15) is 5.26 Å². The number of rotatable bonds is 5. The number of ether oxygens (including phenoxy) is 1. The third-order valence-corrected chi connectivity index (χ3v) is 3.83. The molecule has 26 heavy (non-hydrogen) atoms. The van der Waals surface area contributed by atoms with Crippen molar-refractivity contribution in [1.82, 2.24) is 0 Å². The molecule has 0 aliphatic rings. The van der Waals surface area contributed by atoms with Crippen molar-refractivity contribution in [3.63, 3.8) is 0 Å². The van der Waals surface area contributed by atoms with Gasteiger partial charge in [0, 0.05) is 11.1 Å². The molecule has 0 fully saturated rings. The van der Waals surface area contributed by atoms with E-state index < -0.39 is 5.82 Å². The van der Waals surface area contributed by atoms with E-state index in [4.69, 9.17) is 4.74 Å². The summed E-state index contributed by atoms with van der Waals surface area (Å²) < 4.78 is 33.0. The van der Waals surface area contributed by atoms with Gasteiger partial charge in [-0.1, -0.05) is 48.5 Å². The van der Waals surface area contributed by atoms with Gasteiger partial charge in [-0.15, -0.1) is 0 Å². The summed E-state index contributed by atoms with van der Waals surface area (Å²) in [5, 5.41) is 9.31. The Morgan fingerprint density at radius 3 is 2.19 bits per heavy atom. The van der Waals surface area contributed by atoms with Gasteiger partial charge in [-0.25, -0.2) is 8.78 Å². The summed E-state index contributed by atoms with van der Waals surface area (Å²) in [5.41, 5.74) is 1.71. The van der Waals surface area contributed by atoms with E-state index >= 15 is 0 Å². The van der Waals surface area contributed by atoms with Crippen LogP contribution >= 0.6 is 0 Å². The largest absolute Gasteiger partial charge is 0.489 e. The van der Waals surface area contributed by atoms with Crippen molar-refractivity contribution in [1.29, 1.82) is 5.26 Å². The number of halogens is 2. The fraction of sp³-hybridized carbons (Fsp3) is 0.0455. The van der Waals surface area contributed by atoms with Gasteiger partial charge < -0.3 is 4.74 Å². The van der Waals surface area contributed by atoms with Crippen molar-refractivity contribution in [2.45, 2.75) is 6.61 Å². The van der Waals surface area contributed by atoms with Crippen molar-refractivity contribution in [2.75, 3.05) is 0 Å². The lowest BCUT2D eigenvalue weighted by Gasteiger charge is -2.07. The lowest BCUT2D eigenvalue weighted by atomic mass is 10.0. The predicted octanol–water partition coefficient (Wildman–Crippen LogP) is 5.61. The minimum Gasteiger partial charge on any atom is -0.489 e. The molecule has 0 aliphatic carbocycles. The lowest BCUT2D eigenvalue weighted by Crippen LogP contribution is -1.98. The molecule has 0 saturated carbocycles. The minimum absolute atomic E-state index is 0.126. The maximum atomic E-state index is 13.8. The highest BCUT2D eigenvalue weighted by atomic mass is 19.1. The van der Waals surface area contributed by atoms with E-state index in [1.807, 2.05) is 6.07 Å². The number of nitriles is 1. The molecule has 2 nitrogen and oxygen atoms in total. The number of nitrogens with zero attached hydrogens (tertiary/aromatic N) is 1. The van der Waals surface area contributed by atoms with Crippen LogP contribution in [0.2, 0.25) is 0 Å². The normalized spacial score (nSPS) is 11.0. The van der Waals surface area contributed by atoms with E-state index in [0.29, 0.717) is 11.3 Å². The molecule has 0 bridgehead atoms. The van der Waals surface area contributed by atoms with Crippen LogP contribution in [0.1, 0.15) is 16.7 Å². The second-order valence-electron chi connectivity index (χ2n) is 5.60. The van der Waals surface area contributed by atoms with E-state index in [9.17, 15) is 14.0 Å². The monoisotopic (exact) mass is 347 g/mol. The average Bonchev–Trinajstić information content (AvgIpc) is 2.67. The molecule has 3 aromatic rings. The maximum absolute atomic E-state index is 13.8. The van der Waals surface area contributed by atoms with Crippen molar-refractivity contribution in [3.8, 4) is 11.8 Å². The molecule has 0 spiro atoms. The molecule has 0 atom stereocenters. The second-order valence-corrected chi connectivity index (χ2v) is 5.60. The number of hydrogen-bond acceptors (Lipinski definition) is 2. The molecule has 128 valence electrons. The molecule has 0 aromatic heterocycles. The summed E-state index contributed by atoms with van der Waals surface area (Å²) in [6.07, 6.45) is 1.61. The van der Waals surface area contributed by atoms with Crippen molar-refractivity contribution in [2.24, 2.45) is 0 Å². The first-order valence-electron chi connectivity index (χ1n) is 8.00. The SMILES string of the molecule is N#C/C(=C/c1ccc(OCc2ccccc2F)cc1)c1ccccc1F. The summed E-state index contributed by atoms with van der Waals surface area (Å²) in [5.74, 6) is -0.171. The Hall–Kier alpha value is -3.45. The van der Waals surface area contributed by atoms with Crippen LogP contribution in [-0.2, 0) is 6.61 Å². The average molecular weight is 347 g/mol. The van der Waals surface area contributed by atoms with Gasteiger partial charge in [-0.3, -0.25) is 0 Å². The third-order valence-electron chi connectivity index (χ3n) is 3.83. The molecule has 4 heteroatoms. The fourth-order valence-corrected chi connectivity index (χ4v) is 2.45. The molecular formula is C22H15F2NO. The Bertz CT molecular complexity index is 972. The maximum Gasteiger partial charge on any atom is 0.131 e. The minimum atomic E-state index is -0.440. The molecule has 0 radical (unpaired) electrons. The zero-order chi connectivity index (χ0) is 18.4. The van der Waals surface area contributed by atoms with Gasteiger partial charge in [0.2, 0.25) is 0 Å². The van der Waals surface area contributed by atoms with Crippen LogP contribution in [0, 0.1) is 23.0 Å². The first-order valence-corrected chi connectivity index (χ1v) is 8.00. The van der Waals surface area contributed by atoms with Gasteiger partial charge in [0.1, 0.15) is 24.0 Å². The Morgan fingerprint density at radius 2 is 1.54 bits per heavy atom. The standard InChI is InChI=1S/C22H15F2NO/c23-21-7-3-1-5-17(21)15-26-19-11-9-16(10-12-19)13-18(14-25)20-6-2-4-8-22(20)24/h1-13H,15H2/b18-13-. The first kappa shape index (κ1) is 17.4. The highest BCUT2D eigenvalue weighted by molar-refractivity contribution is 5.89. The van der Waals surface area contributed by atoms with Crippen LogP contribution in [0.3, 0.4) is 0 Å². The predicted molar refractivity (Wildman–Crippen MR) is 97.1 cm³/mol. The van der Waals surface area contributed by atoms with Gasteiger partial charge in [0.15, 0.2) is 0 Å². The van der Waals surface area contributed by atoms with E-state index in [0.717, 1.165) is 5.56 Å². The molecule has 0 N–H and O–H groups in total. The van der Waals surface area contributed by atoms with Gasteiger partial charge >= 0.3 is 0 Å². The Labute approximate surface area is 150 Å². The van der Waals surface area contributed by atoms with Crippen LogP contribution in [0.5, 0.6) is 5.75 Å². The van der Waals surface area contributed by atoms with Gasteiger partial charge in [0.25, 0.3) is 0 Å². The number of hydrogen-bond donors (Lipinski definition) is 0. The van der Waals surface area contributed by atoms with E-state index in [-0.39, 0.29) is 23.6 Å². The van der Waals surface area contributed by atoms with Crippen molar-refractivity contribution < 1.29 is 13.5 Å². The van der Waals surface area contributed by atoms with Crippen LogP contribution in [0.25, 0.3) is 11.6 Å². The smallest absolute Gasteiger partial charge is 0.131 e. The molecule has 3 aromatic carbocycles. The first-order chi connectivity index (χ1) is 12.7. The number of benzene rings is 3. The molecule has 0 unspecified atom stereocenters. The summed E-state index contributed by atoms with van der Waals surface area (Å²) in [4.78, 5) is 0. The van der Waals surface area contributed by atoms with E-state index in [2.05, 4.69) is 0 Å². The molecule has 0 amide bonds. The topological polar surface area (TPSA) is 33.0 Å². The molecule has 0 aliphatic heterocycles. The molecule has 0 saturated heterocycles. The Kier molecular flexibility index (Phi) is 5.40. The van der Waals surface area contributed by atoms with Crippen molar-refractivity contribution >= 4 is 11.6 Å². The Balaban J connectivity index is 1.74. The molecule has 0 heterocycles. The van der Waals surface area contributed by atoms with Gasteiger partial charge in [-0.05, 0) is 35.9 Å². The Morgan fingerprint density at radius 1 is 0.885 bits per heavy atom. The zero-order valence-electron chi connectivity index (χ0n) is 13.8. The van der Waals surface area contributed by atoms with E-state index in [1.165, 1.54) is 12.1 Å². The molecule has 3 rings (SSSR count).